The summed E-state index contributed by atoms with van der Waals surface area (Å²) in [5.74, 6) is -2.96. The number of benzene rings is 3. The van der Waals surface area contributed by atoms with E-state index in [1.807, 2.05) is 0 Å². The lowest BCUT2D eigenvalue weighted by Gasteiger charge is -2.23. The lowest BCUT2D eigenvalue weighted by atomic mass is 9.98. The number of rotatable bonds is 5. The van der Waals surface area contributed by atoms with E-state index in [0.29, 0.717) is 23.4 Å². The maximum Gasteiger partial charge on any atom is 0.339 e. The molecule has 1 fully saturated rings. The van der Waals surface area contributed by atoms with Gasteiger partial charge in [-0.25, -0.2) is 9.18 Å². The molecular formula is C27H21ClFNO5. The van der Waals surface area contributed by atoms with Crippen molar-refractivity contribution in [1.29, 1.82) is 0 Å². The van der Waals surface area contributed by atoms with E-state index in [4.69, 9.17) is 16.3 Å². The van der Waals surface area contributed by atoms with Crippen molar-refractivity contribution in [3.05, 3.63) is 106 Å². The first-order valence-corrected chi connectivity index (χ1v) is 11.4. The van der Waals surface area contributed by atoms with Gasteiger partial charge in [-0.2, -0.15) is 0 Å². The number of nitrogens with zero attached hydrogens (tertiary/aromatic N) is 1. The summed E-state index contributed by atoms with van der Waals surface area (Å²) in [6.07, 6.45) is 0.152. The molecule has 35 heavy (non-hydrogen) atoms. The van der Waals surface area contributed by atoms with Crippen LogP contribution < -0.4 is 0 Å². The minimum atomic E-state index is -1.19. The molecule has 0 radical (unpaired) electrons. The van der Waals surface area contributed by atoms with E-state index in [1.54, 1.807) is 36.4 Å². The largest absolute Gasteiger partial charge is 0.449 e. The molecular weight excluding hydrogens is 473 g/mol. The summed E-state index contributed by atoms with van der Waals surface area (Å²) in [5.41, 5.74) is 0.642. The molecule has 8 heteroatoms. The Morgan fingerprint density at radius 3 is 2.17 bits per heavy atom. The Bertz CT molecular complexity index is 1270. The number of ketones is 1. The topological polar surface area (TPSA) is 80.8 Å². The number of carbonyl (C=O) groups excluding carboxylic acids is 4. The fourth-order valence-electron chi connectivity index (χ4n) is 3.87. The molecule has 1 aliphatic heterocycles. The number of hydrogen-bond acceptors (Lipinski definition) is 5. The second-order valence-electron chi connectivity index (χ2n) is 8.07. The Kier molecular flexibility index (Phi) is 7.36. The van der Waals surface area contributed by atoms with Crippen molar-refractivity contribution in [1.82, 2.24) is 4.90 Å². The van der Waals surface area contributed by atoms with Crippen LogP contribution >= 0.6 is 11.6 Å². The average molecular weight is 494 g/mol. The molecule has 6 nitrogen and oxygen atoms in total. The van der Waals surface area contributed by atoms with Crippen LogP contribution in [0, 0.1) is 5.82 Å². The molecule has 3 aromatic rings. The maximum absolute atomic E-state index is 13.2. The van der Waals surface area contributed by atoms with Crippen molar-refractivity contribution >= 4 is 35.2 Å². The minimum Gasteiger partial charge on any atom is -0.449 e. The Hall–Kier alpha value is -3.84. The maximum atomic E-state index is 13.2. The smallest absolute Gasteiger partial charge is 0.339 e. The summed E-state index contributed by atoms with van der Waals surface area (Å²) in [6, 6.07) is 17.3. The molecule has 0 saturated carbocycles. The third-order valence-corrected chi connectivity index (χ3v) is 5.98. The fraction of sp³-hybridized carbons (Fsp3) is 0.185. The van der Waals surface area contributed by atoms with Gasteiger partial charge in [-0.15, -0.1) is 0 Å². The van der Waals surface area contributed by atoms with Crippen LogP contribution in [0.25, 0.3) is 0 Å². The van der Waals surface area contributed by atoms with E-state index in [1.165, 1.54) is 24.3 Å². The second kappa shape index (κ2) is 10.6. The lowest BCUT2D eigenvalue weighted by Crippen LogP contribution is -2.43. The molecule has 2 amide bonds. The van der Waals surface area contributed by atoms with Crippen molar-refractivity contribution in [3.63, 3.8) is 0 Å². The zero-order valence-electron chi connectivity index (χ0n) is 18.6. The quantitative estimate of drug-likeness (QED) is 0.281. The Morgan fingerprint density at radius 1 is 0.857 bits per heavy atom. The van der Waals surface area contributed by atoms with E-state index in [2.05, 4.69) is 0 Å². The van der Waals surface area contributed by atoms with Crippen LogP contribution in [0.4, 0.5) is 4.39 Å². The summed E-state index contributed by atoms with van der Waals surface area (Å²) < 4.78 is 18.8. The average Bonchev–Trinajstić information content (AvgIpc) is 3.05. The van der Waals surface area contributed by atoms with E-state index < -0.39 is 35.5 Å². The van der Waals surface area contributed by atoms with Crippen LogP contribution in [0.5, 0.6) is 0 Å². The molecule has 0 aliphatic carbocycles. The van der Waals surface area contributed by atoms with Gasteiger partial charge in [0.05, 0.1) is 5.56 Å². The van der Waals surface area contributed by atoms with Crippen molar-refractivity contribution < 1.29 is 28.3 Å². The summed E-state index contributed by atoms with van der Waals surface area (Å²) in [6.45, 7) is 0.161. The molecule has 0 aromatic heterocycles. The van der Waals surface area contributed by atoms with Gasteiger partial charge in [-0.05, 0) is 73.9 Å². The van der Waals surface area contributed by atoms with Crippen molar-refractivity contribution in [2.45, 2.75) is 25.4 Å². The normalized spacial score (nSPS) is 15.9. The summed E-state index contributed by atoms with van der Waals surface area (Å²) in [7, 11) is 0. The molecule has 0 N–H and O–H groups in total. The molecule has 0 spiro atoms. The molecule has 1 heterocycles. The first-order chi connectivity index (χ1) is 16.8. The molecule has 1 atom stereocenters. The highest BCUT2D eigenvalue weighted by molar-refractivity contribution is 6.30. The molecule has 1 unspecified atom stereocenters. The van der Waals surface area contributed by atoms with E-state index in [0.717, 1.165) is 17.0 Å². The summed E-state index contributed by atoms with van der Waals surface area (Å²) in [5, 5.41) is 0.473. The van der Waals surface area contributed by atoms with Crippen molar-refractivity contribution in [2.75, 3.05) is 6.54 Å². The number of likely N-dealkylation sites (tertiary alicyclic amines) is 1. The van der Waals surface area contributed by atoms with Crippen molar-refractivity contribution in [3.8, 4) is 0 Å². The second-order valence-corrected chi connectivity index (χ2v) is 8.51. The summed E-state index contributed by atoms with van der Waals surface area (Å²) >= 11 is 5.90. The highest BCUT2D eigenvalue weighted by Crippen LogP contribution is 2.22. The number of imide groups is 1. The molecule has 3 aromatic carbocycles. The number of hydrogen-bond donors (Lipinski definition) is 0. The minimum absolute atomic E-state index is 0.0147. The van der Waals surface area contributed by atoms with Gasteiger partial charge in [0, 0.05) is 28.3 Å². The third-order valence-electron chi connectivity index (χ3n) is 5.72. The Balaban J connectivity index is 1.55. The van der Waals surface area contributed by atoms with Gasteiger partial charge in [-0.3, -0.25) is 19.3 Å². The number of ether oxygens (including phenoxy) is 1. The van der Waals surface area contributed by atoms with E-state index in [9.17, 15) is 23.6 Å². The first-order valence-electron chi connectivity index (χ1n) is 11.1. The third kappa shape index (κ3) is 5.46. The molecule has 178 valence electrons. The standard InChI is InChI=1S/C27H21ClFNO5/c28-19-12-8-17(9-13-19)24(31)21-5-1-2-6-22(21)27(34)35-23-7-3-4-16-30(26(23)33)25(32)18-10-14-20(29)15-11-18/h1-2,5-6,8-15,23H,3-4,7,16H2. The van der Waals surface area contributed by atoms with Gasteiger partial charge in [0.2, 0.25) is 0 Å². The highest BCUT2D eigenvalue weighted by Gasteiger charge is 2.35. The SMILES string of the molecule is O=C(OC1CCCCN(C(=O)c2ccc(F)cc2)C1=O)c1ccccc1C(=O)c1ccc(Cl)cc1. The van der Waals surface area contributed by atoms with Crippen LogP contribution in [0.2, 0.25) is 5.02 Å². The predicted molar refractivity (Wildman–Crippen MR) is 127 cm³/mol. The van der Waals surface area contributed by atoms with Gasteiger partial charge >= 0.3 is 5.97 Å². The molecule has 1 aliphatic rings. The lowest BCUT2D eigenvalue weighted by molar-refractivity contribution is -0.137. The number of carbonyl (C=O) groups is 4. The summed E-state index contributed by atoms with van der Waals surface area (Å²) in [4.78, 5) is 53.2. The Labute approximate surface area is 206 Å². The molecule has 1 saturated heterocycles. The van der Waals surface area contributed by atoms with E-state index >= 15 is 0 Å². The van der Waals surface area contributed by atoms with Crippen LogP contribution in [0.15, 0.2) is 72.8 Å². The van der Waals surface area contributed by atoms with Crippen LogP contribution in [-0.2, 0) is 9.53 Å². The predicted octanol–water partition coefficient (Wildman–Crippen LogP) is 5.09. The Morgan fingerprint density at radius 2 is 1.49 bits per heavy atom. The van der Waals surface area contributed by atoms with Crippen LogP contribution in [0.1, 0.15) is 55.9 Å². The zero-order valence-corrected chi connectivity index (χ0v) is 19.3. The van der Waals surface area contributed by atoms with Gasteiger partial charge in [0.15, 0.2) is 11.9 Å². The van der Waals surface area contributed by atoms with Gasteiger partial charge in [-0.1, -0.05) is 29.8 Å². The van der Waals surface area contributed by atoms with Crippen molar-refractivity contribution in [2.24, 2.45) is 0 Å². The number of amides is 2. The first kappa shape index (κ1) is 24.3. The number of halogens is 2. The zero-order chi connectivity index (χ0) is 24.9. The molecule has 4 rings (SSSR count). The monoisotopic (exact) mass is 493 g/mol. The van der Waals surface area contributed by atoms with Gasteiger partial charge in [0.1, 0.15) is 5.82 Å². The van der Waals surface area contributed by atoms with Gasteiger partial charge < -0.3 is 4.74 Å². The van der Waals surface area contributed by atoms with E-state index in [-0.39, 0.29) is 29.7 Å². The van der Waals surface area contributed by atoms with Gasteiger partial charge in [0.25, 0.3) is 11.8 Å². The molecule has 0 bridgehead atoms. The highest BCUT2D eigenvalue weighted by atomic mass is 35.5. The van der Waals surface area contributed by atoms with Crippen LogP contribution in [0.3, 0.4) is 0 Å². The fourth-order valence-corrected chi connectivity index (χ4v) is 4.00. The van der Waals surface area contributed by atoms with Crippen LogP contribution in [-0.4, -0.2) is 41.1 Å². The number of esters is 1.